The summed E-state index contributed by atoms with van der Waals surface area (Å²) in [4.78, 5) is 24.3. The number of nitrogens with one attached hydrogen (secondary N) is 2. The summed E-state index contributed by atoms with van der Waals surface area (Å²) in [7, 11) is 1.53. The van der Waals surface area contributed by atoms with E-state index in [9.17, 15) is 9.59 Å². The molecule has 0 radical (unpaired) electrons. The molecule has 0 aliphatic rings. The van der Waals surface area contributed by atoms with Gasteiger partial charge in [-0.1, -0.05) is 29.3 Å². The Hall–Kier alpha value is -2.18. The number of hydrogen-bond donors (Lipinski definition) is 2. The topological polar surface area (TPSA) is 67.4 Å². The fourth-order valence-electron chi connectivity index (χ4n) is 2.10. The van der Waals surface area contributed by atoms with Gasteiger partial charge in [0.15, 0.2) is 0 Å². The minimum atomic E-state index is -0.389. The third-order valence-electron chi connectivity index (χ3n) is 3.59. The third kappa shape index (κ3) is 5.97. The summed E-state index contributed by atoms with van der Waals surface area (Å²) in [5.41, 5.74) is 2.45. The molecular formula is C19H21ClN2O3S. The fraction of sp³-hybridized carbons (Fsp3) is 0.263. The zero-order chi connectivity index (χ0) is 19.1. The maximum atomic E-state index is 12.2. The fourth-order valence-corrected chi connectivity index (χ4v) is 3.04. The van der Waals surface area contributed by atoms with Gasteiger partial charge in [0.05, 0.1) is 23.1 Å². The van der Waals surface area contributed by atoms with Crippen molar-refractivity contribution in [3.05, 3.63) is 53.1 Å². The first kappa shape index (κ1) is 20.1. The highest BCUT2D eigenvalue weighted by Crippen LogP contribution is 2.27. The maximum absolute atomic E-state index is 12.2. The van der Waals surface area contributed by atoms with Crippen molar-refractivity contribution in [2.24, 2.45) is 0 Å². The molecule has 0 spiro atoms. The van der Waals surface area contributed by atoms with Gasteiger partial charge in [0.2, 0.25) is 11.8 Å². The number of thioether (sulfide) groups is 1. The van der Waals surface area contributed by atoms with E-state index >= 15 is 0 Å². The summed E-state index contributed by atoms with van der Waals surface area (Å²) in [6, 6.07) is 12.6. The van der Waals surface area contributed by atoms with Crippen LogP contribution in [-0.2, 0) is 9.59 Å². The lowest BCUT2D eigenvalue weighted by atomic mass is 10.2. The predicted octanol–water partition coefficient (Wildman–Crippen LogP) is 4.36. The minimum Gasteiger partial charge on any atom is -0.495 e. The van der Waals surface area contributed by atoms with Gasteiger partial charge < -0.3 is 15.4 Å². The largest absolute Gasteiger partial charge is 0.495 e. The second-order valence-electron chi connectivity index (χ2n) is 5.71. The van der Waals surface area contributed by atoms with Crippen molar-refractivity contribution < 1.29 is 14.3 Å². The number of amides is 2. The normalized spacial score (nSPS) is 11.5. The molecule has 0 aliphatic carbocycles. The lowest BCUT2D eigenvalue weighted by Crippen LogP contribution is -2.25. The van der Waals surface area contributed by atoms with Gasteiger partial charge in [-0.05, 0) is 44.2 Å². The average Bonchev–Trinajstić information content (AvgIpc) is 2.61. The smallest absolute Gasteiger partial charge is 0.237 e. The Morgan fingerprint density at radius 3 is 2.38 bits per heavy atom. The molecular weight excluding hydrogens is 372 g/mol. The molecule has 0 saturated carbocycles. The molecule has 0 unspecified atom stereocenters. The van der Waals surface area contributed by atoms with Gasteiger partial charge in [0.25, 0.3) is 0 Å². The van der Waals surface area contributed by atoms with Gasteiger partial charge in [-0.25, -0.2) is 0 Å². The van der Waals surface area contributed by atoms with Crippen LogP contribution in [0, 0.1) is 6.92 Å². The first-order valence-electron chi connectivity index (χ1n) is 8.01. The van der Waals surface area contributed by atoms with Crippen LogP contribution in [0.1, 0.15) is 12.5 Å². The molecule has 2 amide bonds. The van der Waals surface area contributed by atoms with Crippen LogP contribution in [-0.4, -0.2) is 29.9 Å². The third-order valence-corrected chi connectivity index (χ3v) is 5.03. The standard InChI is InChI=1S/C19H21ClN2O3S/c1-12-4-6-14(7-5-12)21-18(23)11-26-13(2)19(24)22-15-8-9-17(25-3)16(20)10-15/h4-10,13H,11H2,1-3H3,(H,21,23)(H,22,24)/t13-/m1/s1. The van der Waals surface area contributed by atoms with E-state index in [0.717, 1.165) is 11.3 Å². The van der Waals surface area contributed by atoms with Gasteiger partial charge in [0.1, 0.15) is 5.75 Å². The average molecular weight is 393 g/mol. The molecule has 0 aromatic heterocycles. The number of aryl methyl sites for hydroxylation is 1. The van der Waals surface area contributed by atoms with Gasteiger partial charge >= 0.3 is 0 Å². The Balaban J connectivity index is 1.82. The summed E-state index contributed by atoms with van der Waals surface area (Å²) < 4.78 is 5.08. The highest BCUT2D eigenvalue weighted by molar-refractivity contribution is 8.01. The van der Waals surface area contributed by atoms with E-state index in [1.807, 2.05) is 31.2 Å². The number of ether oxygens (including phenoxy) is 1. The zero-order valence-corrected chi connectivity index (χ0v) is 16.4. The molecule has 0 saturated heterocycles. The number of halogens is 1. The van der Waals surface area contributed by atoms with Crippen molar-refractivity contribution in [2.45, 2.75) is 19.1 Å². The van der Waals surface area contributed by atoms with Crippen LogP contribution in [0.3, 0.4) is 0 Å². The lowest BCUT2D eigenvalue weighted by molar-refractivity contribution is -0.115. The molecule has 1 atom stereocenters. The van der Waals surface area contributed by atoms with E-state index in [4.69, 9.17) is 16.3 Å². The number of hydrogen-bond acceptors (Lipinski definition) is 4. The first-order chi connectivity index (χ1) is 12.4. The van der Waals surface area contributed by atoms with Crippen LogP contribution in [0.5, 0.6) is 5.75 Å². The van der Waals surface area contributed by atoms with Crippen LogP contribution < -0.4 is 15.4 Å². The zero-order valence-electron chi connectivity index (χ0n) is 14.8. The number of methoxy groups -OCH3 is 1. The van der Waals surface area contributed by atoms with Crippen molar-refractivity contribution >= 4 is 46.6 Å². The Bertz CT molecular complexity index is 781. The van der Waals surface area contributed by atoms with Crippen LogP contribution in [0.25, 0.3) is 0 Å². The van der Waals surface area contributed by atoms with E-state index in [0.29, 0.717) is 16.5 Å². The van der Waals surface area contributed by atoms with Crippen molar-refractivity contribution in [3.8, 4) is 5.75 Å². The van der Waals surface area contributed by atoms with Crippen LogP contribution in [0.4, 0.5) is 11.4 Å². The van der Waals surface area contributed by atoms with E-state index in [2.05, 4.69) is 10.6 Å². The summed E-state index contributed by atoms with van der Waals surface area (Å²) in [6.07, 6.45) is 0. The second-order valence-corrected chi connectivity index (χ2v) is 7.44. The van der Waals surface area contributed by atoms with Crippen LogP contribution in [0.15, 0.2) is 42.5 Å². The van der Waals surface area contributed by atoms with Crippen LogP contribution >= 0.6 is 23.4 Å². The van der Waals surface area contributed by atoms with E-state index in [1.165, 1.54) is 18.9 Å². The predicted molar refractivity (Wildman–Crippen MR) is 108 cm³/mol. The Kier molecular flexibility index (Phi) is 7.36. The summed E-state index contributed by atoms with van der Waals surface area (Å²) in [5.74, 6) is 0.386. The highest BCUT2D eigenvalue weighted by atomic mass is 35.5. The van der Waals surface area contributed by atoms with Gasteiger partial charge in [-0.2, -0.15) is 0 Å². The quantitative estimate of drug-likeness (QED) is 0.734. The molecule has 2 aromatic carbocycles. The van der Waals surface area contributed by atoms with E-state index in [-0.39, 0.29) is 22.8 Å². The molecule has 2 rings (SSSR count). The first-order valence-corrected chi connectivity index (χ1v) is 9.44. The molecule has 7 heteroatoms. The molecule has 2 aromatic rings. The van der Waals surface area contributed by atoms with E-state index in [1.54, 1.807) is 25.1 Å². The number of carbonyl (C=O) groups excluding carboxylic acids is 2. The number of anilines is 2. The van der Waals surface area contributed by atoms with Crippen molar-refractivity contribution in [1.29, 1.82) is 0 Å². The monoisotopic (exact) mass is 392 g/mol. The molecule has 0 heterocycles. The molecule has 0 aliphatic heterocycles. The Morgan fingerprint density at radius 1 is 1.12 bits per heavy atom. The Labute approximate surface area is 162 Å². The number of rotatable bonds is 7. The molecule has 2 N–H and O–H groups in total. The maximum Gasteiger partial charge on any atom is 0.237 e. The van der Waals surface area contributed by atoms with E-state index < -0.39 is 0 Å². The molecule has 138 valence electrons. The number of benzene rings is 2. The molecule has 0 bridgehead atoms. The molecule has 0 fully saturated rings. The summed E-state index contributed by atoms with van der Waals surface area (Å²) in [6.45, 7) is 3.74. The van der Waals surface area contributed by atoms with Gasteiger partial charge in [0, 0.05) is 11.4 Å². The van der Waals surface area contributed by atoms with Gasteiger partial charge in [-0.15, -0.1) is 11.8 Å². The second kappa shape index (κ2) is 9.50. The van der Waals surface area contributed by atoms with Crippen molar-refractivity contribution in [3.63, 3.8) is 0 Å². The highest BCUT2D eigenvalue weighted by Gasteiger charge is 2.16. The minimum absolute atomic E-state index is 0.147. The number of carbonyl (C=O) groups is 2. The summed E-state index contributed by atoms with van der Waals surface area (Å²) in [5, 5.41) is 5.62. The lowest BCUT2D eigenvalue weighted by Gasteiger charge is -2.13. The summed E-state index contributed by atoms with van der Waals surface area (Å²) >= 11 is 7.31. The molecule has 26 heavy (non-hydrogen) atoms. The SMILES string of the molecule is COc1ccc(NC(=O)[C@@H](C)SCC(=O)Nc2ccc(C)cc2)cc1Cl. The Morgan fingerprint density at radius 2 is 1.77 bits per heavy atom. The van der Waals surface area contributed by atoms with Crippen molar-refractivity contribution in [1.82, 2.24) is 0 Å². The van der Waals surface area contributed by atoms with Crippen molar-refractivity contribution in [2.75, 3.05) is 23.5 Å². The van der Waals surface area contributed by atoms with Crippen LogP contribution in [0.2, 0.25) is 5.02 Å². The molecule has 5 nitrogen and oxygen atoms in total. The van der Waals surface area contributed by atoms with Gasteiger partial charge in [-0.3, -0.25) is 9.59 Å².